The fourth-order valence-electron chi connectivity index (χ4n) is 1.69. The van der Waals surface area contributed by atoms with Gasteiger partial charge < -0.3 is 19.5 Å². The van der Waals surface area contributed by atoms with Gasteiger partial charge in [0.1, 0.15) is 11.9 Å². The lowest BCUT2D eigenvalue weighted by Crippen LogP contribution is -2.36. The number of hydrogen-bond donors (Lipinski definition) is 1. The SMILES string of the molecule is CC1(C)OCC(CNC(=O)Oc2ccccc2)O1. The molecule has 1 aliphatic heterocycles. The van der Waals surface area contributed by atoms with Gasteiger partial charge in [0.25, 0.3) is 0 Å². The molecule has 1 amide bonds. The molecule has 1 aromatic rings. The number of para-hydroxylation sites is 1. The Morgan fingerprint density at radius 3 is 2.78 bits per heavy atom. The van der Waals surface area contributed by atoms with Gasteiger partial charge in [0, 0.05) is 6.54 Å². The zero-order valence-electron chi connectivity index (χ0n) is 10.5. The molecule has 1 aliphatic rings. The Labute approximate surface area is 106 Å². The maximum atomic E-state index is 11.5. The normalized spacial score (nSPS) is 21.6. The van der Waals surface area contributed by atoms with Crippen molar-refractivity contribution in [1.82, 2.24) is 5.32 Å². The highest BCUT2D eigenvalue weighted by atomic mass is 16.7. The number of hydrogen-bond acceptors (Lipinski definition) is 4. The molecule has 1 aromatic carbocycles. The van der Waals surface area contributed by atoms with Gasteiger partial charge in [-0.2, -0.15) is 0 Å². The molecular formula is C13H17NO4. The van der Waals surface area contributed by atoms with Crippen LogP contribution in [0.15, 0.2) is 30.3 Å². The summed E-state index contributed by atoms with van der Waals surface area (Å²) in [5.74, 6) is -0.0608. The van der Waals surface area contributed by atoms with Crippen LogP contribution in [0.4, 0.5) is 4.79 Å². The van der Waals surface area contributed by atoms with E-state index in [0.29, 0.717) is 18.9 Å². The van der Waals surface area contributed by atoms with E-state index in [9.17, 15) is 4.79 Å². The molecule has 0 spiro atoms. The van der Waals surface area contributed by atoms with Gasteiger partial charge >= 0.3 is 6.09 Å². The van der Waals surface area contributed by atoms with Crippen LogP contribution >= 0.6 is 0 Å². The van der Waals surface area contributed by atoms with Crippen molar-refractivity contribution in [3.63, 3.8) is 0 Å². The van der Waals surface area contributed by atoms with E-state index in [1.165, 1.54) is 0 Å². The molecule has 1 heterocycles. The lowest BCUT2D eigenvalue weighted by molar-refractivity contribution is -0.137. The average molecular weight is 251 g/mol. The van der Waals surface area contributed by atoms with Gasteiger partial charge in [-0.3, -0.25) is 0 Å². The highest BCUT2D eigenvalue weighted by molar-refractivity contribution is 5.70. The number of carbonyl (C=O) groups is 1. The third kappa shape index (κ3) is 3.72. The molecule has 2 rings (SSSR count). The van der Waals surface area contributed by atoms with Gasteiger partial charge in [-0.05, 0) is 26.0 Å². The molecule has 0 bridgehead atoms. The molecule has 1 N–H and O–H groups in total. The van der Waals surface area contributed by atoms with E-state index in [2.05, 4.69) is 5.32 Å². The average Bonchev–Trinajstić information content (AvgIpc) is 2.68. The van der Waals surface area contributed by atoms with Crippen molar-refractivity contribution in [2.45, 2.75) is 25.7 Å². The molecule has 18 heavy (non-hydrogen) atoms. The van der Waals surface area contributed by atoms with Crippen molar-refractivity contribution in [3.8, 4) is 5.75 Å². The summed E-state index contributed by atoms with van der Waals surface area (Å²) in [5, 5.41) is 2.64. The second-order valence-electron chi connectivity index (χ2n) is 4.53. The number of amides is 1. The first-order chi connectivity index (χ1) is 8.55. The van der Waals surface area contributed by atoms with Gasteiger partial charge in [0.15, 0.2) is 5.79 Å². The first-order valence-electron chi connectivity index (χ1n) is 5.88. The number of benzene rings is 1. The highest BCUT2D eigenvalue weighted by Gasteiger charge is 2.32. The van der Waals surface area contributed by atoms with Gasteiger partial charge in [0.05, 0.1) is 6.61 Å². The number of rotatable bonds is 3. The Balaban J connectivity index is 1.73. The quantitative estimate of drug-likeness (QED) is 0.891. The van der Waals surface area contributed by atoms with Crippen LogP contribution < -0.4 is 10.1 Å². The monoisotopic (exact) mass is 251 g/mol. The molecule has 0 aromatic heterocycles. The summed E-state index contributed by atoms with van der Waals surface area (Å²) in [6, 6.07) is 8.91. The summed E-state index contributed by atoms with van der Waals surface area (Å²) in [5.41, 5.74) is 0. The van der Waals surface area contributed by atoms with Crippen LogP contribution in [0, 0.1) is 0 Å². The Kier molecular flexibility index (Phi) is 3.84. The van der Waals surface area contributed by atoms with Crippen molar-refractivity contribution < 1.29 is 19.0 Å². The van der Waals surface area contributed by atoms with Crippen LogP contribution in [0.2, 0.25) is 0 Å². The van der Waals surface area contributed by atoms with Crippen LogP contribution in [-0.2, 0) is 9.47 Å². The molecule has 0 aliphatic carbocycles. The molecule has 1 fully saturated rings. The predicted octanol–water partition coefficient (Wildman–Crippen LogP) is 1.93. The molecular weight excluding hydrogens is 234 g/mol. The molecule has 1 atom stereocenters. The molecule has 0 radical (unpaired) electrons. The smallest absolute Gasteiger partial charge is 0.410 e. The van der Waals surface area contributed by atoms with E-state index < -0.39 is 11.9 Å². The molecule has 0 saturated carbocycles. The highest BCUT2D eigenvalue weighted by Crippen LogP contribution is 2.21. The van der Waals surface area contributed by atoms with Gasteiger partial charge in [0.2, 0.25) is 0 Å². The van der Waals surface area contributed by atoms with Crippen LogP contribution in [0.3, 0.4) is 0 Å². The fraction of sp³-hybridized carbons (Fsp3) is 0.462. The van der Waals surface area contributed by atoms with Crippen molar-refractivity contribution in [2.24, 2.45) is 0 Å². The largest absolute Gasteiger partial charge is 0.412 e. The second kappa shape index (κ2) is 5.37. The predicted molar refractivity (Wildman–Crippen MR) is 65.4 cm³/mol. The maximum Gasteiger partial charge on any atom is 0.412 e. The van der Waals surface area contributed by atoms with Gasteiger partial charge in [-0.15, -0.1) is 0 Å². The van der Waals surface area contributed by atoms with Gasteiger partial charge in [-0.1, -0.05) is 18.2 Å². The maximum absolute atomic E-state index is 11.5. The number of ether oxygens (including phenoxy) is 3. The topological polar surface area (TPSA) is 56.8 Å². The summed E-state index contributed by atoms with van der Waals surface area (Å²) >= 11 is 0. The lowest BCUT2D eigenvalue weighted by atomic mass is 10.3. The standard InChI is InChI=1S/C13H17NO4/c1-13(2)16-9-11(18-13)8-14-12(15)17-10-6-4-3-5-7-10/h3-7,11H,8-9H2,1-2H3,(H,14,15). The Morgan fingerprint density at radius 2 is 2.17 bits per heavy atom. The second-order valence-corrected chi connectivity index (χ2v) is 4.53. The van der Waals surface area contributed by atoms with E-state index in [0.717, 1.165) is 0 Å². The van der Waals surface area contributed by atoms with E-state index in [1.807, 2.05) is 19.9 Å². The van der Waals surface area contributed by atoms with Crippen LogP contribution in [0.5, 0.6) is 5.75 Å². The Morgan fingerprint density at radius 1 is 1.44 bits per heavy atom. The number of nitrogens with one attached hydrogen (secondary N) is 1. The Bertz CT molecular complexity index is 405. The summed E-state index contributed by atoms with van der Waals surface area (Å²) in [6.45, 7) is 4.53. The third-order valence-corrected chi connectivity index (χ3v) is 2.50. The van der Waals surface area contributed by atoms with Crippen LogP contribution in [-0.4, -0.2) is 31.1 Å². The third-order valence-electron chi connectivity index (χ3n) is 2.50. The zero-order chi connectivity index (χ0) is 13.0. The fourth-order valence-corrected chi connectivity index (χ4v) is 1.69. The van der Waals surface area contributed by atoms with E-state index in [1.54, 1.807) is 24.3 Å². The summed E-state index contributed by atoms with van der Waals surface area (Å²) in [6.07, 6.45) is -0.627. The van der Waals surface area contributed by atoms with Crippen molar-refractivity contribution in [3.05, 3.63) is 30.3 Å². The van der Waals surface area contributed by atoms with E-state index in [-0.39, 0.29) is 6.10 Å². The van der Waals surface area contributed by atoms with Crippen LogP contribution in [0.1, 0.15) is 13.8 Å². The van der Waals surface area contributed by atoms with Crippen molar-refractivity contribution in [2.75, 3.05) is 13.2 Å². The first-order valence-corrected chi connectivity index (χ1v) is 5.88. The number of carbonyl (C=O) groups excluding carboxylic acids is 1. The summed E-state index contributed by atoms with van der Waals surface area (Å²) in [4.78, 5) is 11.5. The minimum absolute atomic E-state index is 0.136. The minimum atomic E-state index is -0.574. The van der Waals surface area contributed by atoms with E-state index >= 15 is 0 Å². The van der Waals surface area contributed by atoms with Crippen molar-refractivity contribution in [1.29, 1.82) is 0 Å². The van der Waals surface area contributed by atoms with Gasteiger partial charge in [-0.25, -0.2) is 4.79 Å². The molecule has 98 valence electrons. The summed E-state index contributed by atoms with van der Waals surface area (Å²) in [7, 11) is 0. The Hall–Kier alpha value is -1.59. The minimum Gasteiger partial charge on any atom is -0.410 e. The molecule has 5 nitrogen and oxygen atoms in total. The van der Waals surface area contributed by atoms with E-state index in [4.69, 9.17) is 14.2 Å². The first kappa shape index (κ1) is 12.9. The van der Waals surface area contributed by atoms with Crippen LogP contribution in [0.25, 0.3) is 0 Å². The zero-order valence-corrected chi connectivity index (χ0v) is 10.5. The molecule has 1 unspecified atom stereocenters. The van der Waals surface area contributed by atoms with Crippen molar-refractivity contribution >= 4 is 6.09 Å². The summed E-state index contributed by atoms with van der Waals surface area (Å²) < 4.78 is 16.0. The molecule has 1 saturated heterocycles. The molecule has 5 heteroatoms. The lowest BCUT2D eigenvalue weighted by Gasteiger charge is -2.17.